The number of hydrogen-bond donors (Lipinski definition) is 2. The molecule has 0 heterocycles. The highest BCUT2D eigenvalue weighted by Gasteiger charge is 2.30. The van der Waals surface area contributed by atoms with E-state index in [4.69, 9.17) is 32.7 Å². The molecule has 11 heteroatoms. The van der Waals surface area contributed by atoms with Crippen molar-refractivity contribution < 1.29 is 32.2 Å². The van der Waals surface area contributed by atoms with Gasteiger partial charge >= 0.3 is 6.18 Å². The van der Waals surface area contributed by atoms with Crippen LogP contribution in [0.5, 0.6) is 11.5 Å². The molecule has 2 rings (SSSR count). The molecule has 0 aliphatic heterocycles. The summed E-state index contributed by atoms with van der Waals surface area (Å²) in [6.45, 7) is -1.05. The van der Waals surface area contributed by atoms with Crippen LogP contribution in [0.2, 0.25) is 10.0 Å². The lowest BCUT2D eigenvalue weighted by Gasteiger charge is -2.11. The Morgan fingerprint density at radius 3 is 2.18 bits per heavy atom. The second-order valence-electron chi connectivity index (χ2n) is 5.27. The van der Waals surface area contributed by atoms with Crippen molar-refractivity contribution in [3.63, 3.8) is 0 Å². The number of hydrogen-bond acceptors (Lipinski definition) is 4. The Bertz CT molecular complexity index is 863. The van der Waals surface area contributed by atoms with E-state index < -0.39 is 36.8 Å². The van der Waals surface area contributed by atoms with E-state index in [0.29, 0.717) is 5.02 Å². The molecule has 2 N–H and O–H groups in total. The predicted octanol–water partition coefficient (Wildman–Crippen LogP) is 3.62. The molecule has 0 saturated carbocycles. The van der Waals surface area contributed by atoms with Gasteiger partial charge in [-0.15, -0.1) is 0 Å². The molecule has 0 radical (unpaired) electrons. The number of amides is 2. The summed E-state index contributed by atoms with van der Waals surface area (Å²) in [6, 6.07) is 8.48. The van der Waals surface area contributed by atoms with Gasteiger partial charge in [0.1, 0.15) is 11.5 Å². The van der Waals surface area contributed by atoms with Crippen LogP contribution in [0, 0.1) is 0 Å². The highest BCUT2D eigenvalue weighted by Crippen LogP contribution is 2.31. The van der Waals surface area contributed by atoms with E-state index in [9.17, 15) is 22.8 Å². The molecule has 2 aromatic carbocycles. The van der Waals surface area contributed by atoms with Gasteiger partial charge < -0.3 is 9.47 Å². The van der Waals surface area contributed by atoms with E-state index in [1.807, 2.05) is 5.43 Å². The Hall–Kier alpha value is -2.65. The molecule has 2 aromatic rings. The maximum atomic E-state index is 12.6. The van der Waals surface area contributed by atoms with Crippen LogP contribution < -0.4 is 20.3 Å². The van der Waals surface area contributed by atoms with Crippen molar-refractivity contribution in [1.82, 2.24) is 10.9 Å². The van der Waals surface area contributed by atoms with Gasteiger partial charge in [-0.3, -0.25) is 20.4 Å². The van der Waals surface area contributed by atoms with Crippen LogP contribution in [-0.2, 0) is 15.8 Å². The first kappa shape index (κ1) is 21.6. The number of ether oxygens (including phenoxy) is 2. The van der Waals surface area contributed by atoms with Gasteiger partial charge in [-0.1, -0.05) is 29.3 Å². The molecule has 0 saturated heterocycles. The Balaban J connectivity index is 1.74. The van der Waals surface area contributed by atoms with Crippen molar-refractivity contribution in [1.29, 1.82) is 0 Å². The van der Waals surface area contributed by atoms with Crippen molar-refractivity contribution in [2.75, 3.05) is 13.2 Å². The van der Waals surface area contributed by atoms with Crippen molar-refractivity contribution in [3.8, 4) is 11.5 Å². The topological polar surface area (TPSA) is 76.7 Å². The van der Waals surface area contributed by atoms with Gasteiger partial charge in [-0.2, -0.15) is 13.2 Å². The van der Waals surface area contributed by atoms with Crippen molar-refractivity contribution in [2.45, 2.75) is 6.18 Å². The summed E-state index contributed by atoms with van der Waals surface area (Å²) in [6.07, 6.45) is -4.53. The Labute approximate surface area is 167 Å². The van der Waals surface area contributed by atoms with Gasteiger partial charge in [0.2, 0.25) is 0 Å². The minimum absolute atomic E-state index is 0.142. The Kier molecular flexibility index (Phi) is 7.36. The summed E-state index contributed by atoms with van der Waals surface area (Å²) in [5, 5.41) is 0.605. The second-order valence-corrected chi connectivity index (χ2v) is 6.12. The predicted molar refractivity (Wildman–Crippen MR) is 95.2 cm³/mol. The normalized spacial score (nSPS) is 10.9. The van der Waals surface area contributed by atoms with Crippen molar-refractivity contribution in [2.24, 2.45) is 0 Å². The largest absolute Gasteiger partial charge is 0.484 e. The summed E-state index contributed by atoms with van der Waals surface area (Å²) in [5.74, 6) is -1.40. The lowest BCUT2D eigenvalue weighted by Crippen LogP contribution is -2.45. The molecular formula is C17H13Cl2F3N2O4. The van der Waals surface area contributed by atoms with E-state index >= 15 is 0 Å². The molecule has 28 heavy (non-hydrogen) atoms. The number of carbonyl (C=O) groups is 2. The van der Waals surface area contributed by atoms with Gasteiger partial charge in [0.25, 0.3) is 11.8 Å². The first-order valence-electron chi connectivity index (χ1n) is 7.61. The molecule has 0 aliphatic carbocycles. The molecule has 0 fully saturated rings. The molecule has 0 aliphatic rings. The number of nitrogens with one attached hydrogen (secondary N) is 2. The van der Waals surface area contributed by atoms with Gasteiger partial charge in [0.05, 0.1) is 10.6 Å². The second kappa shape index (κ2) is 9.52. The summed E-state index contributed by atoms with van der Waals surface area (Å²) in [7, 11) is 0. The van der Waals surface area contributed by atoms with Crippen molar-refractivity contribution >= 4 is 35.0 Å². The average Bonchev–Trinajstić information content (AvgIpc) is 2.63. The summed E-state index contributed by atoms with van der Waals surface area (Å²) < 4.78 is 48.0. The lowest BCUT2D eigenvalue weighted by atomic mass is 10.2. The number of halogens is 5. The molecule has 150 valence electrons. The highest BCUT2D eigenvalue weighted by molar-refractivity contribution is 6.35. The number of carbonyl (C=O) groups excluding carboxylic acids is 2. The smallest absolute Gasteiger partial charge is 0.416 e. The van der Waals surface area contributed by atoms with Crippen LogP contribution in [0.25, 0.3) is 0 Å². The fourth-order valence-corrected chi connectivity index (χ4v) is 2.32. The SMILES string of the molecule is O=C(COc1cccc(C(F)(F)F)c1)NNC(=O)COc1ccc(Cl)cc1Cl. The quantitative estimate of drug-likeness (QED) is 0.678. The van der Waals surface area contributed by atoms with Crippen LogP contribution >= 0.6 is 23.2 Å². The molecule has 0 spiro atoms. The van der Waals surface area contributed by atoms with Crippen LogP contribution in [-0.4, -0.2) is 25.0 Å². The van der Waals surface area contributed by atoms with Gasteiger partial charge in [0.15, 0.2) is 13.2 Å². The molecule has 6 nitrogen and oxygen atoms in total. The molecule has 0 bridgehead atoms. The fraction of sp³-hybridized carbons (Fsp3) is 0.176. The molecular weight excluding hydrogens is 424 g/mol. The summed E-state index contributed by atoms with van der Waals surface area (Å²) in [4.78, 5) is 23.3. The van der Waals surface area contributed by atoms with Crippen molar-refractivity contribution in [3.05, 3.63) is 58.1 Å². The number of rotatable bonds is 6. The van der Waals surface area contributed by atoms with Crippen LogP contribution in [0.3, 0.4) is 0 Å². The first-order valence-corrected chi connectivity index (χ1v) is 8.36. The maximum absolute atomic E-state index is 12.6. The zero-order valence-electron chi connectivity index (χ0n) is 14.0. The third-order valence-electron chi connectivity index (χ3n) is 3.13. The maximum Gasteiger partial charge on any atom is 0.416 e. The molecule has 0 aromatic heterocycles. The van der Waals surface area contributed by atoms with Gasteiger partial charge in [-0.05, 0) is 36.4 Å². The number of hydrazine groups is 1. The molecule has 2 amide bonds. The van der Waals surface area contributed by atoms with E-state index in [2.05, 4.69) is 5.43 Å². The van der Waals surface area contributed by atoms with Gasteiger partial charge in [-0.25, -0.2) is 0 Å². The van der Waals surface area contributed by atoms with Crippen LogP contribution in [0.1, 0.15) is 5.56 Å². The zero-order valence-corrected chi connectivity index (χ0v) is 15.5. The fourth-order valence-electron chi connectivity index (χ4n) is 1.86. The highest BCUT2D eigenvalue weighted by atomic mass is 35.5. The minimum Gasteiger partial charge on any atom is -0.484 e. The van der Waals surface area contributed by atoms with E-state index in [0.717, 1.165) is 18.2 Å². The standard InChI is InChI=1S/C17H13Cl2F3N2O4/c18-11-4-5-14(13(19)7-11)28-9-16(26)24-23-15(25)8-27-12-3-1-2-10(6-12)17(20,21)22/h1-7H,8-9H2,(H,23,25)(H,24,26). The zero-order chi connectivity index (χ0) is 20.7. The Morgan fingerprint density at radius 2 is 1.57 bits per heavy atom. The third-order valence-corrected chi connectivity index (χ3v) is 3.66. The molecule has 0 atom stereocenters. The lowest BCUT2D eigenvalue weighted by molar-refractivity contribution is -0.137. The third kappa shape index (κ3) is 6.82. The Morgan fingerprint density at radius 1 is 0.929 bits per heavy atom. The average molecular weight is 437 g/mol. The van der Waals surface area contributed by atoms with Gasteiger partial charge in [0, 0.05) is 5.02 Å². The monoisotopic (exact) mass is 436 g/mol. The van der Waals surface area contributed by atoms with Crippen LogP contribution in [0.4, 0.5) is 13.2 Å². The van der Waals surface area contributed by atoms with E-state index in [1.165, 1.54) is 24.3 Å². The number of alkyl halides is 3. The molecule has 0 unspecified atom stereocenters. The van der Waals surface area contributed by atoms with Crippen LogP contribution in [0.15, 0.2) is 42.5 Å². The van der Waals surface area contributed by atoms with E-state index in [1.54, 1.807) is 0 Å². The summed E-state index contributed by atoms with van der Waals surface area (Å²) in [5.41, 5.74) is 3.19. The van der Waals surface area contributed by atoms with E-state index in [-0.39, 0.29) is 16.5 Å². The summed E-state index contributed by atoms with van der Waals surface area (Å²) >= 11 is 11.6. The first-order chi connectivity index (χ1) is 13.1. The minimum atomic E-state index is -4.53. The number of benzene rings is 2.